The number of carbonyl (C=O) groups is 1. The van der Waals surface area contributed by atoms with Crippen molar-refractivity contribution < 1.29 is 9.08 Å². The number of nitrogens with zero attached hydrogens (tertiary/aromatic N) is 5. The third-order valence-corrected chi connectivity index (χ3v) is 6.87. The van der Waals surface area contributed by atoms with Crippen LogP contribution in [0, 0.1) is 0 Å². The number of allylic oxidation sites excluding steroid dienone is 1. The number of piperidine rings is 1. The van der Waals surface area contributed by atoms with Gasteiger partial charge >= 0.3 is 6.03 Å². The lowest BCUT2D eigenvalue weighted by atomic mass is 9.75. The van der Waals surface area contributed by atoms with Gasteiger partial charge in [0.05, 0.1) is 6.04 Å². The number of amides is 2. The highest BCUT2D eigenvalue weighted by atomic mass is 35.5. The topological polar surface area (TPSA) is 96.7 Å². The summed E-state index contributed by atoms with van der Waals surface area (Å²) >= 11 is 5.38. The van der Waals surface area contributed by atoms with E-state index in [-0.39, 0.29) is 18.0 Å². The summed E-state index contributed by atoms with van der Waals surface area (Å²) in [7, 11) is 2.02. The molecule has 3 aromatic rings. The molecule has 2 N–H and O–H groups in total. The molecule has 0 saturated carbocycles. The first-order chi connectivity index (χ1) is 17.6. The molecule has 1 unspecified atom stereocenters. The molecule has 1 atom stereocenters. The lowest BCUT2D eigenvalue weighted by molar-refractivity contribution is 0.179. The van der Waals surface area contributed by atoms with Gasteiger partial charge < -0.3 is 19.8 Å². The first-order valence-corrected chi connectivity index (χ1v) is 12.5. The molecule has 11 heteroatoms. The van der Waals surface area contributed by atoms with Crippen molar-refractivity contribution in [3.8, 4) is 0 Å². The van der Waals surface area contributed by atoms with Crippen molar-refractivity contribution in [2.75, 3.05) is 18.4 Å². The standard InChI is InChI=1S/C25H28BClN7O2/c1-26-21-16-30-34-23(29-15-17-3-2-10-28-14-17)13-22(32-24(21)34)18-8-11-33(12-9-18)25(35)31-19-4-6-20(36-27)7-5-19/h2-4,6-7,10,13-14,16,18-19,29H,5,8-9,11-12,15H2,1H3,(H,31,35). The van der Waals surface area contributed by atoms with Crippen molar-refractivity contribution in [3.05, 3.63) is 72.0 Å². The van der Waals surface area contributed by atoms with E-state index >= 15 is 0 Å². The predicted molar refractivity (Wildman–Crippen MR) is 140 cm³/mol. The zero-order valence-electron chi connectivity index (χ0n) is 20.1. The minimum absolute atomic E-state index is 0.0485. The fraction of sp³-hybridized carbons (Fsp3) is 0.360. The van der Waals surface area contributed by atoms with Crippen LogP contribution in [0.15, 0.2) is 60.8 Å². The maximum absolute atomic E-state index is 12.8. The zero-order chi connectivity index (χ0) is 24.9. The maximum Gasteiger partial charge on any atom is 0.317 e. The minimum Gasteiger partial charge on any atom is -0.386 e. The quantitative estimate of drug-likeness (QED) is 0.479. The molecule has 0 bridgehead atoms. The second kappa shape index (κ2) is 11.0. The third kappa shape index (κ3) is 5.33. The summed E-state index contributed by atoms with van der Waals surface area (Å²) in [5.41, 5.74) is 3.94. The normalized spacial score (nSPS) is 18.1. The van der Waals surface area contributed by atoms with Crippen LogP contribution < -0.4 is 16.1 Å². The highest BCUT2D eigenvalue weighted by Crippen LogP contribution is 2.29. The molecule has 2 amide bonds. The van der Waals surface area contributed by atoms with Gasteiger partial charge in [0.1, 0.15) is 23.4 Å². The van der Waals surface area contributed by atoms with Gasteiger partial charge in [-0.25, -0.2) is 9.78 Å². The van der Waals surface area contributed by atoms with Crippen LogP contribution in [0.2, 0.25) is 6.82 Å². The van der Waals surface area contributed by atoms with E-state index in [4.69, 9.17) is 21.1 Å². The summed E-state index contributed by atoms with van der Waals surface area (Å²) in [6, 6.07) is 5.95. The number of urea groups is 1. The highest BCUT2D eigenvalue weighted by molar-refractivity contribution is 6.54. The van der Waals surface area contributed by atoms with Crippen LogP contribution >= 0.6 is 11.9 Å². The number of fused-ring (bicyclic) bond motifs is 1. The van der Waals surface area contributed by atoms with Gasteiger partial charge in [-0.1, -0.05) is 19.0 Å². The predicted octanol–water partition coefficient (Wildman–Crippen LogP) is 3.39. The molecule has 3 aromatic heterocycles. The second-order valence-corrected chi connectivity index (χ2v) is 9.16. The van der Waals surface area contributed by atoms with Crippen molar-refractivity contribution in [3.63, 3.8) is 0 Å². The van der Waals surface area contributed by atoms with E-state index in [0.717, 1.165) is 41.0 Å². The number of halogens is 1. The molecule has 36 heavy (non-hydrogen) atoms. The Labute approximate surface area is 216 Å². The molecule has 1 fully saturated rings. The SMILES string of the molecule is C[B]c1cnn2c(NCc3cccnc3)cc(C3CCN(C(=O)NC4C=CC(OCl)=CC4)CC3)nc12. The van der Waals surface area contributed by atoms with E-state index in [1.807, 2.05) is 60.2 Å². The molecule has 0 aromatic carbocycles. The molecule has 1 aliphatic carbocycles. The number of likely N-dealkylation sites (tertiary alicyclic amines) is 1. The molecule has 1 radical (unpaired) electrons. The Morgan fingerprint density at radius 1 is 1.31 bits per heavy atom. The number of rotatable bonds is 7. The molecule has 9 nitrogen and oxygen atoms in total. The zero-order valence-corrected chi connectivity index (χ0v) is 20.9. The molecule has 1 saturated heterocycles. The molecule has 5 rings (SSSR count). The van der Waals surface area contributed by atoms with E-state index in [9.17, 15) is 4.79 Å². The molecule has 0 spiro atoms. The summed E-state index contributed by atoms with van der Waals surface area (Å²) in [6.07, 6.45) is 13.3. The number of carbonyl (C=O) groups excluding carboxylic acids is 1. The van der Waals surface area contributed by atoms with E-state index in [1.165, 1.54) is 0 Å². The Bertz CT molecular complexity index is 1270. The Kier molecular flexibility index (Phi) is 7.41. The summed E-state index contributed by atoms with van der Waals surface area (Å²) < 4.78 is 6.55. The second-order valence-electron chi connectivity index (χ2n) is 9.00. The molecule has 1 aliphatic heterocycles. The number of anilines is 1. The van der Waals surface area contributed by atoms with Gasteiger partial charge in [-0.15, -0.1) is 0 Å². The summed E-state index contributed by atoms with van der Waals surface area (Å²) in [4.78, 5) is 23.9. The Hall–Kier alpha value is -3.53. The monoisotopic (exact) mass is 504 g/mol. The van der Waals surface area contributed by atoms with Gasteiger partial charge in [-0.2, -0.15) is 9.61 Å². The molecular weight excluding hydrogens is 477 g/mol. The average molecular weight is 505 g/mol. The fourth-order valence-electron chi connectivity index (χ4n) is 4.63. The first-order valence-electron chi connectivity index (χ1n) is 12.2. The minimum atomic E-state index is -0.0612. The van der Waals surface area contributed by atoms with Crippen LogP contribution in [0.5, 0.6) is 0 Å². The van der Waals surface area contributed by atoms with Crippen molar-refractivity contribution in [2.45, 2.75) is 44.6 Å². The Morgan fingerprint density at radius 3 is 2.86 bits per heavy atom. The third-order valence-electron chi connectivity index (χ3n) is 6.69. The molecule has 4 heterocycles. The Morgan fingerprint density at radius 2 is 2.17 bits per heavy atom. The van der Waals surface area contributed by atoms with Crippen molar-refractivity contribution >= 4 is 42.1 Å². The lowest BCUT2D eigenvalue weighted by Gasteiger charge is -2.33. The summed E-state index contributed by atoms with van der Waals surface area (Å²) in [6.45, 7) is 3.98. The van der Waals surface area contributed by atoms with Crippen molar-refractivity contribution in [1.82, 2.24) is 29.8 Å². The van der Waals surface area contributed by atoms with Gasteiger partial charge in [-0.3, -0.25) is 4.98 Å². The van der Waals surface area contributed by atoms with Crippen LogP contribution in [0.25, 0.3) is 5.65 Å². The summed E-state index contributed by atoms with van der Waals surface area (Å²) in [5.74, 6) is 1.76. The van der Waals surface area contributed by atoms with E-state index < -0.39 is 0 Å². The van der Waals surface area contributed by atoms with Gasteiger partial charge in [0.15, 0.2) is 12.9 Å². The van der Waals surface area contributed by atoms with Crippen LogP contribution in [-0.2, 0) is 10.8 Å². The average Bonchev–Trinajstić information content (AvgIpc) is 3.36. The molecule has 2 aliphatic rings. The largest absolute Gasteiger partial charge is 0.386 e. The van der Waals surface area contributed by atoms with Crippen LogP contribution in [0.4, 0.5) is 10.6 Å². The van der Waals surface area contributed by atoms with Gasteiger partial charge in [0.2, 0.25) is 0 Å². The van der Waals surface area contributed by atoms with E-state index in [1.54, 1.807) is 12.3 Å². The van der Waals surface area contributed by atoms with Gasteiger partial charge in [0, 0.05) is 55.9 Å². The van der Waals surface area contributed by atoms with Crippen molar-refractivity contribution in [2.24, 2.45) is 0 Å². The first kappa shape index (κ1) is 24.2. The number of aromatic nitrogens is 4. The van der Waals surface area contributed by atoms with Crippen molar-refractivity contribution in [1.29, 1.82) is 0 Å². The van der Waals surface area contributed by atoms with E-state index in [2.05, 4.69) is 26.8 Å². The summed E-state index contributed by atoms with van der Waals surface area (Å²) in [5, 5.41) is 11.1. The lowest BCUT2D eigenvalue weighted by Crippen LogP contribution is -2.47. The number of nitrogens with one attached hydrogen (secondary N) is 2. The van der Waals surface area contributed by atoms with Crippen LogP contribution in [-0.4, -0.2) is 56.9 Å². The van der Waals surface area contributed by atoms with Gasteiger partial charge in [-0.05, 0) is 48.5 Å². The number of pyridine rings is 1. The fourth-order valence-corrected chi connectivity index (χ4v) is 4.74. The Balaban J connectivity index is 1.26. The molecular formula is C25H28BClN7O2. The maximum atomic E-state index is 12.8. The van der Waals surface area contributed by atoms with Crippen LogP contribution in [0.3, 0.4) is 0 Å². The number of hydrogen-bond donors (Lipinski definition) is 2. The smallest absolute Gasteiger partial charge is 0.317 e. The van der Waals surface area contributed by atoms with Gasteiger partial charge in [0.25, 0.3) is 0 Å². The van der Waals surface area contributed by atoms with Crippen LogP contribution in [0.1, 0.15) is 36.4 Å². The van der Waals surface area contributed by atoms with E-state index in [0.29, 0.717) is 31.8 Å². The number of hydrogen-bond acceptors (Lipinski definition) is 6. The molecule has 185 valence electrons. The highest BCUT2D eigenvalue weighted by Gasteiger charge is 2.27.